The highest BCUT2D eigenvalue weighted by Gasteiger charge is 2.14. The van der Waals surface area contributed by atoms with Gasteiger partial charge in [0.05, 0.1) is 0 Å². The van der Waals surface area contributed by atoms with Crippen LogP contribution in [0.5, 0.6) is 0 Å². The summed E-state index contributed by atoms with van der Waals surface area (Å²) in [5.74, 6) is 0.266. The molecule has 0 fully saturated rings. The zero-order valence-corrected chi connectivity index (χ0v) is 10.6. The van der Waals surface area contributed by atoms with Gasteiger partial charge in [-0.2, -0.15) is 0 Å². The maximum atomic E-state index is 8.65. The molecule has 0 aliphatic carbocycles. The molecule has 1 rings (SSSR count). The molecule has 17 heavy (non-hydrogen) atoms. The molecule has 0 saturated carbocycles. The molecule has 5 nitrogen and oxygen atoms in total. The van der Waals surface area contributed by atoms with Crippen molar-refractivity contribution in [3.05, 3.63) is 24.0 Å². The van der Waals surface area contributed by atoms with Gasteiger partial charge in [-0.25, -0.2) is 0 Å². The molecule has 5 heteroatoms. The highest BCUT2D eigenvalue weighted by atomic mass is 16.4. The van der Waals surface area contributed by atoms with E-state index >= 15 is 0 Å². The lowest BCUT2D eigenvalue weighted by molar-refractivity contribution is 0.314. The number of hydrogen-bond donors (Lipinski definition) is 2. The Morgan fingerprint density at radius 2 is 2.35 bits per heavy atom. The van der Waals surface area contributed by atoms with Crippen molar-refractivity contribution in [2.45, 2.75) is 20.8 Å². The molecule has 1 aromatic rings. The van der Waals surface area contributed by atoms with Gasteiger partial charge in [-0.05, 0) is 25.5 Å². The minimum Gasteiger partial charge on any atom is -0.409 e. The number of amidine groups is 1. The van der Waals surface area contributed by atoms with E-state index in [-0.39, 0.29) is 11.8 Å². The number of aromatic nitrogens is 1. The maximum Gasteiger partial charge on any atom is 0.143 e. The normalized spacial score (nSPS) is 13.5. The molecule has 0 aliphatic heterocycles. The number of nitrogens with zero attached hydrogens (tertiary/aromatic N) is 3. The van der Waals surface area contributed by atoms with Crippen LogP contribution in [0.25, 0.3) is 0 Å². The molecular weight excluding hydrogens is 216 g/mol. The standard InChI is InChI=1S/C12H20N4O/c1-4-16(8-10(3)12(13)15-17)11-5-6-14-7-9(11)2/h5-7,10,17H,4,8H2,1-3H3,(H2,13,15). The highest BCUT2D eigenvalue weighted by Crippen LogP contribution is 2.19. The first-order valence-corrected chi connectivity index (χ1v) is 5.73. The monoisotopic (exact) mass is 236 g/mol. The van der Waals surface area contributed by atoms with Crippen LogP contribution in [0.1, 0.15) is 19.4 Å². The van der Waals surface area contributed by atoms with Crippen LogP contribution in [0.2, 0.25) is 0 Å². The second-order valence-electron chi connectivity index (χ2n) is 4.13. The lowest BCUT2D eigenvalue weighted by Crippen LogP contribution is -2.35. The Kier molecular flexibility index (Phi) is 4.75. The zero-order valence-electron chi connectivity index (χ0n) is 10.6. The largest absolute Gasteiger partial charge is 0.409 e. The van der Waals surface area contributed by atoms with Crippen LogP contribution in [-0.4, -0.2) is 29.1 Å². The fourth-order valence-electron chi connectivity index (χ4n) is 1.74. The molecule has 0 aromatic carbocycles. The summed E-state index contributed by atoms with van der Waals surface area (Å²) in [6.07, 6.45) is 3.62. The van der Waals surface area contributed by atoms with Crippen molar-refractivity contribution in [3.8, 4) is 0 Å². The van der Waals surface area contributed by atoms with Crippen molar-refractivity contribution < 1.29 is 5.21 Å². The van der Waals surface area contributed by atoms with Crippen molar-refractivity contribution in [1.29, 1.82) is 0 Å². The Bertz CT molecular complexity index is 392. The van der Waals surface area contributed by atoms with E-state index in [0.717, 1.165) is 24.3 Å². The second kappa shape index (κ2) is 6.08. The van der Waals surface area contributed by atoms with Crippen LogP contribution < -0.4 is 10.6 Å². The van der Waals surface area contributed by atoms with Crippen molar-refractivity contribution in [2.24, 2.45) is 16.8 Å². The van der Waals surface area contributed by atoms with Gasteiger partial charge < -0.3 is 15.8 Å². The number of hydrogen-bond acceptors (Lipinski definition) is 4. The molecule has 0 spiro atoms. The Morgan fingerprint density at radius 3 is 2.88 bits per heavy atom. The average Bonchev–Trinajstić information content (AvgIpc) is 2.35. The first-order valence-electron chi connectivity index (χ1n) is 5.73. The highest BCUT2D eigenvalue weighted by molar-refractivity contribution is 5.82. The summed E-state index contributed by atoms with van der Waals surface area (Å²) >= 11 is 0. The number of anilines is 1. The van der Waals surface area contributed by atoms with Gasteiger partial charge in [0, 0.05) is 37.1 Å². The van der Waals surface area contributed by atoms with E-state index in [2.05, 4.69) is 22.0 Å². The Hall–Kier alpha value is -1.78. The van der Waals surface area contributed by atoms with E-state index in [1.54, 1.807) is 6.20 Å². The molecular formula is C12H20N4O. The van der Waals surface area contributed by atoms with E-state index in [9.17, 15) is 0 Å². The van der Waals surface area contributed by atoms with Gasteiger partial charge in [0.25, 0.3) is 0 Å². The number of pyridine rings is 1. The van der Waals surface area contributed by atoms with Gasteiger partial charge >= 0.3 is 0 Å². The average molecular weight is 236 g/mol. The molecule has 0 saturated heterocycles. The van der Waals surface area contributed by atoms with Crippen molar-refractivity contribution in [1.82, 2.24) is 4.98 Å². The summed E-state index contributed by atoms with van der Waals surface area (Å²) in [6.45, 7) is 7.64. The number of rotatable bonds is 5. The summed E-state index contributed by atoms with van der Waals surface area (Å²) in [4.78, 5) is 6.27. The van der Waals surface area contributed by atoms with Crippen LogP contribution in [-0.2, 0) is 0 Å². The Balaban J connectivity index is 2.83. The van der Waals surface area contributed by atoms with Gasteiger partial charge in [0.1, 0.15) is 5.84 Å². The molecule has 0 bridgehead atoms. The SMILES string of the molecule is CCN(CC(C)C(N)=NO)c1ccncc1C. The van der Waals surface area contributed by atoms with Gasteiger partial charge in [0.15, 0.2) is 0 Å². The van der Waals surface area contributed by atoms with Gasteiger partial charge in [-0.1, -0.05) is 12.1 Å². The van der Waals surface area contributed by atoms with Crippen LogP contribution in [0.15, 0.2) is 23.6 Å². The summed E-state index contributed by atoms with van der Waals surface area (Å²) in [6, 6.07) is 1.98. The first kappa shape index (κ1) is 13.3. The number of nitrogens with two attached hydrogens (primary N) is 1. The fourth-order valence-corrected chi connectivity index (χ4v) is 1.74. The molecule has 1 unspecified atom stereocenters. The zero-order chi connectivity index (χ0) is 12.8. The maximum absolute atomic E-state index is 8.65. The third kappa shape index (κ3) is 3.34. The fraction of sp³-hybridized carbons (Fsp3) is 0.500. The van der Waals surface area contributed by atoms with Crippen LogP contribution in [0.4, 0.5) is 5.69 Å². The number of aryl methyl sites for hydroxylation is 1. The summed E-state index contributed by atoms with van der Waals surface area (Å²) < 4.78 is 0. The number of oxime groups is 1. The van der Waals surface area contributed by atoms with Crippen molar-refractivity contribution in [3.63, 3.8) is 0 Å². The molecule has 0 radical (unpaired) electrons. The quantitative estimate of drug-likeness (QED) is 0.352. The summed E-state index contributed by atoms with van der Waals surface area (Å²) in [7, 11) is 0. The summed E-state index contributed by atoms with van der Waals surface area (Å²) in [5, 5.41) is 11.7. The first-order chi connectivity index (χ1) is 8.10. The molecule has 1 aromatic heterocycles. The van der Waals surface area contributed by atoms with Crippen LogP contribution >= 0.6 is 0 Å². The molecule has 0 aliphatic rings. The minimum absolute atomic E-state index is 0.00696. The molecule has 1 heterocycles. The Labute approximate surface area is 102 Å². The van der Waals surface area contributed by atoms with E-state index in [0.29, 0.717) is 0 Å². The predicted octanol–water partition coefficient (Wildman–Crippen LogP) is 1.60. The predicted molar refractivity (Wildman–Crippen MR) is 69.4 cm³/mol. The second-order valence-corrected chi connectivity index (χ2v) is 4.13. The molecule has 0 amide bonds. The van der Waals surface area contributed by atoms with Gasteiger partial charge in [0.2, 0.25) is 0 Å². The van der Waals surface area contributed by atoms with Gasteiger partial charge in [-0.15, -0.1) is 0 Å². The van der Waals surface area contributed by atoms with Crippen LogP contribution in [0.3, 0.4) is 0 Å². The minimum atomic E-state index is 0.00696. The van der Waals surface area contributed by atoms with Gasteiger partial charge in [-0.3, -0.25) is 4.98 Å². The van der Waals surface area contributed by atoms with Crippen molar-refractivity contribution in [2.75, 3.05) is 18.0 Å². The van der Waals surface area contributed by atoms with Crippen LogP contribution in [0, 0.1) is 12.8 Å². The van der Waals surface area contributed by atoms with E-state index in [1.165, 1.54) is 0 Å². The molecule has 1 atom stereocenters. The van der Waals surface area contributed by atoms with E-state index < -0.39 is 0 Å². The lowest BCUT2D eigenvalue weighted by atomic mass is 10.1. The Morgan fingerprint density at radius 1 is 1.65 bits per heavy atom. The molecule has 3 N–H and O–H groups in total. The third-order valence-corrected chi connectivity index (χ3v) is 2.83. The van der Waals surface area contributed by atoms with Crippen molar-refractivity contribution >= 4 is 11.5 Å². The smallest absolute Gasteiger partial charge is 0.143 e. The lowest BCUT2D eigenvalue weighted by Gasteiger charge is -2.27. The van der Waals surface area contributed by atoms with E-state index in [4.69, 9.17) is 10.9 Å². The third-order valence-electron chi connectivity index (χ3n) is 2.83. The van der Waals surface area contributed by atoms with E-state index in [1.807, 2.05) is 26.1 Å². The topological polar surface area (TPSA) is 74.7 Å². The summed E-state index contributed by atoms with van der Waals surface area (Å²) in [5.41, 5.74) is 7.86. The molecule has 94 valence electrons.